The number of unbranched alkanes of at least 4 members (excludes halogenated alkanes) is 2. The maximum absolute atomic E-state index is 12.3. The molecule has 1 heterocycles. The predicted molar refractivity (Wildman–Crippen MR) is 103 cm³/mol. The maximum Gasteiger partial charge on any atom is 0.222 e. The fraction of sp³-hybridized carbons (Fsp3) is 0.650. The Hall–Kier alpha value is -1.75. The van der Waals surface area contributed by atoms with Gasteiger partial charge in [0.2, 0.25) is 5.91 Å². The van der Waals surface area contributed by atoms with Crippen molar-refractivity contribution in [3.63, 3.8) is 0 Å². The summed E-state index contributed by atoms with van der Waals surface area (Å²) in [6.45, 7) is 4.48. The predicted octanol–water partition coefficient (Wildman–Crippen LogP) is 3.07. The van der Waals surface area contributed by atoms with E-state index in [1.54, 1.807) is 0 Å². The Morgan fingerprint density at radius 1 is 1.24 bits per heavy atom. The molecule has 5 heteroatoms. The molecule has 1 fully saturated rings. The van der Waals surface area contributed by atoms with Crippen molar-refractivity contribution < 1.29 is 9.53 Å². The number of hydrogen-bond acceptors (Lipinski definition) is 4. The number of likely N-dealkylation sites (tertiary alicyclic amines) is 1. The molecule has 0 atom stereocenters. The van der Waals surface area contributed by atoms with Gasteiger partial charge in [-0.05, 0) is 70.8 Å². The highest BCUT2D eigenvalue weighted by molar-refractivity contribution is 5.76. The number of amides is 1. The fourth-order valence-electron chi connectivity index (χ4n) is 3.29. The number of rotatable bonds is 8. The second kappa shape index (κ2) is 9.66. The Labute approximate surface area is 152 Å². The summed E-state index contributed by atoms with van der Waals surface area (Å²) in [7, 11) is 4.24. The van der Waals surface area contributed by atoms with Gasteiger partial charge in [0, 0.05) is 25.6 Å². The molecule has 0 unspecified atom stereocenters. The van der Waals surface area contributed by atoms with Crippen molar-refractivity contribution >= 4 is 11.6 Å². The first-order valence-electron chi connectivity index (χ1n) is 9.40. The lowest BCUT2D eigenvalue weighted by atomic mass is 10.0. The van der Waals surface area contributed by atoms with Crippen LogP contribution in [-0.2, 0) is 4.79 Å². The zero-order valence-corrected chi connectivity index (χ0v) is 16.0. The quantitative estimate of drug-likeness (QED) is 0.580. The topological polar surface area (TPSA) is 58.8 Å². The summed E-state index contributed by atoms with van der Waals surface area (Å²) in [5.74, 6) is 1.07. The second-order valence-corrected chi connectivity index (χ2v) is 7.28. The Morgan fingerprint density at radius 3 is 2.64 bits per heavy atom. The lowest BCUT2D eigenvalue weighted by Gasteiger charge is -2.35. The van der Waals surface area contributed by atoms with E-state index in [9.17, 15) is 4.79 Å². The molecule has 0 radical (unpaired) electrons. The van der Waals surface area contributed by atoms with E-state index in [0.717, 1.165) is 56.5 Å². The summed E-state index contributed by atoms with van der Waals surface area (Å²) >= 11 is 0. The third-order valence-corrected chi connectivity index (χ3v) is 5.01. The summed E-state index contributed by atoms with van der Waals surface area (Å²) < 4.78 is 5.75. The lowest BCUT2D eigenvalue weighted by Crippen LogP contribution is -2.44. The molecule has 1 amide bonds. The Bertz CT molecular complexity index is 552. The van der Waals surface area contributed by atoms with Gasteiger partial charge in [0.15, 0.2) is 0 Å². The van der Waals surface area contributed by atoms with Crippen molar-refractivity contribution in [2.45, 2.75) is 51.5 Å². The number of aryl methyl sites for hydroxylation is 1. The first kappa shape index (κ1) is 19.6. The smallest absolute Gasteiger partial charge is 0.222 e. The number of hydrogen-bond donors (Lipinski definition) is 1. The number of nitrogens with zero attached hydrogens (tertiary/aromatic N) is 2. The number of benzene rings is 1. The number of nitrogens with two attached hydrogens (primary N) is 1. The zero-order chi connectivity index (χ0) is 18.2. The minimum Gasteiger partial charge on any atom is -0.491 e. The summed E-state index contributed by atoms with van der Waals surface area (Å²) in [6, 6.07) is 6.45. The molecule has 1 aromatic carbocycles. The molecule has 2 N–H and O–H groups in total. The Morgan fingerprint density at radius 2 is 1.96 bits per heavy atom. The van der Waals surface area contributed by atoms with Gasteiger partial charge in [0.1, 0.15) is 5.75 Å². The second-order valence-electron chi connectivity index (χ2n) is 7.28. The first-order chi connectivity index (χ1) is 12.0. The average molecular weight is 348 g/mol. The van der Waals surface area contributed by atoms with Crippen LogP contribution in [0, 0.1) is 6.92 Å². The highest BCUT2D eigenvalue weighted by atomic mass is 16.5. The van der Waals surface area contributed by atoms with Gasteiger partial charge in [0.25, 0.3) is 0 Å². The number of piperidine rings is 1. The van der Waals surface area contributed by atoms with Crippen LogP contribution in [0.15, 0.2) is 18.2 Å². The van der Waals surface area contributed by atoms with Crippen LogP contribution >= 0.6 is 0 Å². The lowest BCUT2D eigenvalue weighted by molar-refractivity contribution is -0.132. The van der Waals surface area contributed by atoms with Crippen LogP contribution in [0.2, 0.25) is 0 Å². The van der Waals surface area contributed by atoms with Gasteiger partial charge in [-0.1, -0.05) is 6.07 Å². The molecule has 1 saturated heterocycles. The van der Waals surface area contributed by atoms with E-state index in [-0.39, 0.29) is 0 Å². The average Bonchev–Trinajstić information content (AvgIpc) is 2.60. The van der Waals surface area contributed by atoms with Gasteiger partial charge in [0.05, 0.1) is 12.3 Å². The van der Waals surface area contributed by atoms with E-state index < -0.39 is 0 Å². The molecule has 5 nitrogen and oxygen atoms in total. The molecule has 140 valence electrons. The first-order valence-corrected chi connectivity index (χ1v) is 9.40. The van der Waals surface area contributed by atoms with Crippen LogP contribution in [0.5, 0.6) is 5.75 Å². The van der Waals surface area contributed by atoms with Crippen LogP contribution in [0.25, 0.3) is 0 Å². The van der Waals surface area contributed by atoms with Crippen molar-refractivity contribution in [2.24, 2.45) is 0 Å². The molecule has 1 aromatic rings. The van der Waals surface area contributed by atoms with Crippen LogP contribution < -0.4 is 10.5 Å². The highest BCUT2D eigenvalue weighted by Gasteiger charge is 2.23. The van der Waals surface area contributed by atoms with Gasteiger partial charge in [-0.15, -0.1) is 0 Å². The third kappa shape index (κ3) is 6.24. The number of carbonyl (C=O) groups excluding carboxylic acids is 1. The summed E-state index contributed by atoms with van der Waals surface area (Å²) in [4.78, 5) is 16.6. The van der Waals surface area contributed by atoms with Gasteiger partial charge >= 0.3 is 0 Å². The molecule has 2 rings (SSSR count). The van der Waals surface area contributed by atoms with Gasteiger partial charge in [-0.2, -0.15) is 0 Å². The molecule has 0 bridgehead atoms. The normalized spacial score (nSPS) is 15.6. The molecular formula is C20H33N3O2. The van der Waals surface area contributed by atoms with Crippen molar-refractivity contribution in [3.8, 4) is 5.75 Å². The molecular weight excluding hydrogens is 314 g/mol. The van der Waals surface area contributed by atoms with Crippen LogP contribution in [0.3, 0.4) is 0 Å². The molecule has 0 saturated carbocycles. The van der Waals surface area contributed by atoms with E-state index in [2.05, 4.69) is 19.0 Å². The van der Waals surface area contributed by atoms with Crippen LogP contribution in [0.4, 0.5) is 5.69 Å². The van der Waals surface area contributed by atoms with E-state index in [4.69, 9.17) is 10.5 Å². The molecule has 25 heavy (non-hydrogen) atoms. The van der Waals surface area contributed by atoms with E-state index in [1.165, 1.54) is 0 Å². The summed E-state index contributed by atoms with van der Waals surface area (Å²) in [5, 5.41) is 0. The fourth-order valence-corrected chi connectivity index (χ4v) is 3.29. The third-order valence-electron chi connectivity index (χ3n) is 5.01. The minimum absolute atomic E-state index is 0.307. The van der Waals surface area contributed by atoms with Crippen molar-refractivity contribution in [1.82, 2.24) is 9.80 Å². The van der Waals surface area contributed by atoms with Gasteiger partial charge in [-0.3, -0.25) is 4.79 Å². The van der Waals surface area contributed by atoms with Crippen molar-refractivity contribution in [1.29, 1.82) is 0 Å². The monoisotopic (exact) mass is 347 g/mol. The molecule has 1 aliphatic rings. The molecule has 0 spiro atoms. The van der Waals surface area contributed by atoms with Crippen molar-refractivity contribution in [3.05, 3.63) is 23.8 Å². The number of carbonyl (C=O) groups is 1. The SMILES string of the molecule is Cc1ccc(N)c(OCCCCCC(=O)N2CCC(N(C)C)CC2)c1. The summed E-state index contributed by atoms with van der Waals surface area (Å²) in [5.41, 5.74) is 7.73. The summed E-state index contributed by atoms with van der Waals surface area (Å²) in [6.07, 6.45) is 5.71. The Kier molecular flexibility index (Phi) is 7.56. The van der Waals surface area contributed by atoms with Crippen molar-refractivity contribution in [2.75, 3.05) is 39.5 Å². The number of ether oxygens (including phenoxy) is 1. The largest absolute Gasteiger partial charge is 0.491 e. The standard InChI is InChI=1S/C20H33N3O2/c1-16-8-9-18(21)19(15-16)25-14-6-4-5-7-20(24)23-12-10-17(11-13-23)22(2)3/h8-9,15,17H,4-7,10-14,21H2,1-3H3. The molecule has 1 aliphatic heterocycles. The zero-order valence-electron chi connectivity index (χ0n) is 16.0. The minimum atomic E-state index is 0.307. The highest BCUT2D eigenvalue weighted by Crippen LogP contribution is 2.22. The van der Waals surface area contributed by atoms with Gasteiger partial charge < -0.3 is 20.3 Å². The number of nitrogen functional groups attached to an aromatic ring is 1. The van der Waals surface area contributed by atoms with Crippen LogP contribution in [0.1, 0.15) is 44.1 Å². The van der Waals surface area contributed by atoms with Gasteiger partial charge in [-0.25, -0.2) is 0 Å². The van der Waals surface area contributed by atoms with E-state index in [1.807, 2.05) is 30.0 Å². The molecule has 0 aromatic heterocycles. The van der Waals surface area contributed by atoms with E-state index in [0.29, 0.717) is 30.7 Å². The maximum atomic E-state index is 12.3. The number of anilines is 1. The van der Waals surface area contributed by atoms with E-state index >= 15 is 0 Å². The Balaban J connectivity index is 1.57. The van der Waals surface area contributed by atoms with Crippen LogP contribution in [-0.4, -0.2) is 55.5 Å². The molecule has 0 aliphatic carbocycles.